The number of hydrogen-bond acceptors (Lipinski definition) is 7. The average Bonchev–Trinajstić information content (AvgIpc) is 2.57. The van der Waals surface area contributed by atoms with Gasteiger partial charge in [-0.3, -0.25) is 0 Å². The summed E-state index contributed by atoms with van der Waals surface area (Å²) in [4.78, 5) is 17.8. The quantitative estimate of drug-likeness (QED) is 0.497. The van der Waals surface area contributed by atoms with Crippen molar-refractivity contribution in [3.63, 3.8) is 0 Å². The van der Waals surface area contributed by atoms with Crippen molar-refractivity contribution >= 4 is 30.3 Å². The average molecular weight is 353 g/mol. The summed E-state index contributed by atoms with van der Waals surface area (Å²) in [5.74, 6) is 3.44. The molecule has 1 heterocycles. The van der Waals surface area contributed by atoms with E-state index in [0.29, 0.717) is 17.6 Å². The Morgan fingerprint density at radius 2 is 1.71 bits per heavy atom. The minimum absolute atomic E-state index is 0. The van der Waals surface area contributed by atoms with Crippen LogP contribution in [-0.2, 0) is 0 Å². The van der Waals surface area contributed by atoms with Gasteiger partial charge in [0.15, 0.2) is 5.75 Å². The summed E-state index contributed by atoms with van der Waals surface area (Å²) in [5, 5.41) is 5.93. The Morgan fingerprint density at radius 3 is 2.33 bits per heavy atom. The van der Waals surface area contributed by atoms with E-state index in [9.17, 15) is 4.39 Å². The summed E-state index contributed by atoms with van der Waals surface area (Å²) in [7, 11) is 0. The van der Waals surface area contributed by atoms with Crippen LogP contribution in [0.5, 0.6) is 5.75 Å². The number of terminal acetylenes is 1. The first-order valence-electron chi connectivity index (χ1n) is 7.07. The van der Waals surface area contributed by atoms with E-state index in [1.54, 1.807) is 0 Å². The highest BCUT2D eigenvalue weighted by atomic mass is 35.5. The van der Waals surface area contributed by atoms with Crippen molar-refractivity contribution in [2.45, 2.75) is 13.3 Å². The van der Waals surface area contributed by atoms with E-state index < -0.39 is 0 Å². The molecule has 2 rings (SSSR count). The molecule has 0 aliphatic rings. The van der Waals surface area contributed by atoms with Crippen LogP contribution < -0.4 is 21.0 Å². The summed E-state index contributed by atoms with van der Waals surface area (Å²) >= 11 is 0. The molecule has 2 aromatic rings. The van der Waals surface area contributed by atoms with E-state index >= 15 is 0 Å². The molecule has 0 saturated carbocycles. The Kier molecular flexibility index (Phi) is 8.08. The smallest absolute Gasteiger partial charge is 0.263 e. The molecule has 24 heavy (non-hydrogen) atoms. The Bertz CT molecular complexity index is 677. The summed E-state index contributed by atoms with van der Waals surface area (Å²) < 4.78 is 12.9. The first-order valence-corrected chi connectivity index (χ1v) is 7.07. The summed E-state index contributed by atoms with van der Waals surface area (Å²) in [6, 6.07) is 5.55. The second-order valence-corrected chi connectivity index (χ2v) is 4.45. The molecule has 1 aromatic carbocycles. The Balaban J connectivity index is 0.00000288. The molecule has 128 valence electrons. The van der Waals surface area contributed by atoms with Crippen LogP contribution in [-0.4, -0.2) is 28.0 Å². The van der Waals surface area contributed by atoms with Crippen LogP contribution in [0.25, 0.3) is 0 Å². The maximum atomic E-state index is 12.9. The highest BCUT2D eigenvalue weighted by molar-refractivity contribution is 5.85. The SMILES string of the molecule is C#CCNc1nc(NCCC)nc(NOc2ccc(F)cc2)n1.Cl. The maximum Gasteiger partial charge on any atom is 0.263 e. The van der Waals surface area contributed by atoms with Gasteiger partial charge in [0.2, 0.25) is 11.9 Å². The van der Waals surface area contributed by atoms with E-state index in [4.69, 9.17) is 11.3 Å². The monoisotopic (exact) mass is 352 g/mol. The van der Waals surface area contributed by atoms with Gasteiger partial charge < -0.3 is 15.5 Å². The van der Waals surface area contributed by atoms with E-state index in [2.05, 4.69) is 37.0 Å². The predicted molar refractivity (Wildman–Crippen MR) is 93.8 cm³/mol. The summed E-state index contributed by atoms with van der Waals surface area (Å²) in [5.41, 5.74) is 2.60. The lowest BCUT2D eigenvalue weighted by molar-refractivity contribution is 0.398. The molecule has 7 nitrogen and oxygen atoms in total. The molecule has 0 fully saturated rings. The summed E-state index contributed by atoms with van der Waals surface area (Å²) in [6.07, 6.45) is 6.13. The van der Waals surface area contributed by atoms with Gasteiger partial charge in [0.05, 0.1) is 6.54 Å². The molecule has 0 bridgehead atoms. The number of hydrogen-bond donors (Lipinski definition) is 3. The highest BCUT2D eigenvalue weighted by Gasteiger charge is 2.06. The Hall–Kier alpha value is -2.79. The second-order valence-electron chi connectivity index (χ2n) is 4.45. The molecular weight excluding hydrogens is 335 g/mol. The fourth-order valence-electron chi connectivity index (χ4n) is 1.55. The van der Waals surface area contributed by atoms with Crippen molar-refractivity contribution in [2.24, 2.45) is 0 Å². The van der Waals surface area contributed by atoms with Crippen LogP contribution in [0, 0.1) is 18.2 Å². The van der Waals surface area contributed by atoms with Gasteiger partial charge in [-0.1, -0.05) is 12.8 Å². The number of benzene rings is 1. The van der Waals surface area contributed by atoms with Gasteiger partial charge in [0.1, 0.15) is 5.82 Å². The van der Waals surface area contributed by atoms with Crippen LogP contribution in [0.2, 0.25) is 0 Å². The predicted octanol–water partition coefficient (Wildman–Crippen LogP) is 2.71. The first kappa shape index (κ1) is 19.3. The van der Waals surface area contributed by atoms with Gasteiger partial charge in [-0.25, -0.2) is 4.39 Å². The summed E-state index contributed by atoms with van der Waals surface area (Å²) in [6.45, 7) is 3.04. The lowest BCUT2D eigenvalue weighted by Crippen LogP contribution is -2.14. The maximum absolute atomic E-state index is 12.9. The second kappa shape index (κ2) is 10.1. The van der Waals surface area contributed by atoms with Crippen molar-refractivity contribution in [1.82, 2.24) is 15.0 Å². The van der Waals surface area contributed by atoms with Gasteiger partial charge in [-0.2, -0.15) is 20.4 Å². The Labute approximate surface area is 145 Å². The topological polar surface area (TPSA) is 84.0 Å². The van der Waals surface area contributed by atoms with Crippen LogP contribution in [0.15, 0.2) is 24.3 Å². The number of aromatic nitrogens is 3. The molecule has 0 atom stereocenters. The molecule has 0 saturated heterocycles. The molecule has 9 heteroatoms. The van der Waals surface area contributed by atoms with Gasteiger partial charge in [0, 0.05) is 6.54 Å². The van der Waals surface area contributed by atoms with Crippen LogP contribution >= 0.6 is 12.4 Å². The number of anilines is 3. The van der Waals surface area contributed by atoms with Crippen molar-refractivity contribution in [1.29, 1.82) is 0 Å². The zero-order valence-electron chi connectivity index (χ0n) is 13.0. The number of halogens is 2. The molecular formula is C15H18ClFN6O. The first-order chi connectivity index (χ1) is 11.2. The molecule has 0 spiro atoms. The Morgan fingerprint density at radius 1 is 1.08 bits per heavy atom. The third-order valence-corrected chi connectivity index (χ3v) is 2.59. The normalized spacial score (nSPS) is 9.38. The zero-order chi connectivity index (χ0) is 16.5. The van der Waals surface area contributed by atoms with E-state index in [1.165, 1.54) is 24.3 Å². The van der Waals surface area contributed by atoms with E-state index in [0.717, 1.165) is 13.0 Å². The van der Waals surface area contributed by atoms with Crippen LogP contribution in [0.4, 0.5) is 22.2 Å². The molecule has 3 N–H and O–H groups in total. The third-order valence-electron chi connectivity index (χ3n) is 2.59. The minimum Gasteiger partial charge on any atom is -0.379 e. The minimum atomic E-state index is -0.343. The van der Waals surface area contributed by atoms with Gasteiger partial charge in [0.25, 0.3) is 5.95 Å². The van der Waals surface area contributed by atoms with Crippen molar-refractivity contribution in [3.8, 4) is 18.1 Å². The molecule has 0 unspecified atom stereocenters. The largest absolute Gasteiger partial charge is 0.379 e. The molecule has 0 amide bonds. The molecule has 0 aliphatic heterocycles. The molecule has 0 radical (unpaired) electrons. The van der Waals surface area contributed by atoms with Crippen LogP contribution in [0.1, 0.15) is 13.3 Å². The van der Waals surface area contributed by atoms with Gasteiger partial charge in [-0.05, 0) is 30.7 Å². The van der Waals surface area contributed by atoms with Gasteiger partial charge >= 0.3 is 0 Å². The van der Waals surface area contributed by atoms with E-state index in [-0.39, 0.29) is 30.7 Å². The van der Waals surface area contributed by atoms with Gasteiger partial charge in [-0.15, -0.1) is 18.8 Å². The third kappa shape index (κ3) is 6.14. The van der Waals surface area contributed by atoms with Crippen molar-refractivity contribution in [3.05, 3.63) is 30.1 Å². The highest BCUT2D eigenvalue weighted by Crippen LogP contribution is 2.13. The van der Waals surface area contributed by atoms with E-state index in [1.807, 2.05) is 6.92 Å². The van der Waals surface area contributed by atoms with Crippen molar-refractivity contribution in [2.75, 3.05) is 29.2 Å². The zero-order valence-corrected chi connectivity index (χ0v) is 13.9. The fraction of sp³-hybridized carbons (Fsp3) is 0.267. The lowest BCUT2D eigenvalue weighted by Gasteiger charge is -2.10. The number of nitrogens with one attached hydrogen (secondary N) is 3. The lowest BCUT2D eigenvalue weighted by atomic mass is 10.3. The van der Waals surface area contributed by atoms with Crippen molar-refractivity contribution < 1.29 is 9.23 Å². The van der Waals surface area contributed by atoms with Crippen LogP contribution in [0.3, 0.4) is 0 Å². The molecule has 0 aliphatic carbocycles. The molecule has 1 aromatic heterocycles. The number of rotatable bonds is 8. The number of nitrogens with zero attached hydrogens (tertiary/aromatic N) is 3. The fourth-order valence-corrected chi connectivity index (χ4v) is 1.55. The standard InChI is InChI=1S/C15H17FN6O.ClH/c1-3-9-17-13-19-14(18-10-4-2)21-15(20-13)22-23-12-7-5-11(16)6-8-12;/h1,5-8H,4,9-10H2,2H3,(H3,17,18,19,20,21,22);1H.